The second-order valence-electron chi connectivity index (χ2n) is 4.99. The largest absolute Gasteiger partial charge is 0.0887 e. The molecule has 0 aromatic rings. The summed E-state index contributed by atoms with van der Waals surface area (Å²) in [5, 5.41) is 0. The predicted molar refractivity (Wildman–Crippen MR) is 59.7 cm³/mol. The third kappa shape index (κ3) is 3.17. The Morgan fingerprint density at radius 2 is 2.00 bits per heavy atom. The standard InChI is InChI=1S/C13H24/c1-5-10(2)9-13-7-6-11(3)8-12(13)4/h5,11-13H,6-9H2,1-4H3. The van der Waals surface area contributed by atoms with E-state index in [1.54, 1.807) is 5.57 Å². The zero-order valence-electron chi connectivity index (χ0n) is 9.64. The van der Waals surface area contributed by atoms with Crippen molar-refractivity contribution in [1.82, 2.24) is 0 Å². The van der Waals surface area contributed by atoms with Crippen LogP contribution in [0.5, 0.6) is 0 Å². The first-order valence-corrected chi connectivity index (χ1v) is 5.75. The predicted octanol–water partition coefficient (Wildman–Crippen LogP) is 4.42. The third-order valence-electron chi connectivity index (χ3n) is 3.69. The highest BCUT2D eigenvalue weighted by Gasteiger charge is 2.24. The number of hydrogen-bond acceptors (Lipinski definition) is 0. The lowest BCUT2D eigenvalue weighted by atomic mass is 9.73. The van der Waals surface area contributed by atoms with Crippen molar-refractivity contribution in [1.29, 1.82) is 0 Å². The molecule has 1 aliphatic carbocycles. The lowest BCUT2D eigenvalue weighted by Gasteiger charge is -2.32. The molecular weight excluding hydrogens is 156 g/mol. The van der Waals surface area contributed by atoms with E-state index >= 15 is 0 Å². The van der Waals surface area contributed by atoms with Crippen LogP contribution in [0, 0.1) is 17.8 Å². The average molecular weight is 180 g/mol. The Labute approximate surface area is 83.4 Å². The van der Waals surface area contributed by atoms with Gasteiger partial charge in [0, 0.05) is 0 Å². The number of allylic oxidation sites excluding steroid dienone is 2. The van der Waals surface area contributed by atoms with Gasteiger partial charge in [0.25, 0.3) is 0 Å². The van der Waals surface area contributed by atoms with Crippen molar-refractivity contribution >= 4 is 0 Å². The van der Waals surface area contributed by atoms with Gasteiger partial charge in [-0.25, -0.2) is 0 Å². The minimum absolute atomic E-state index is 0.943. The van der Waals surface area contributed by atoms with Crippen molar-refractivity contribution in [2.75, 3.05) is 0 Å². The molecule has 1 rings (SSSR count). The molecule has 0 heteroatoms. The topological polar surface area (TPSA) is 0 Å². The van der Waals surface area contributed by atoms with E-state index in [4.69, 9.17) is 0 Å². The smallest absolute Gasteiger partial charge is 0.0292 e. The SMILES string of the molecule is CC=C(C)CC1CCC(C)CC1C. The molecule has 0 N–H and O–H groups in total. The number of rotatable bonds is 2. The molecule has 0 nitrogen and oxygen atoms in total. The monoisotopic (exact) mass is 180 g/mol. The number of hydrogen-bond donors (Lipinski definition) is 0. The van der Waals surface area contributed by atoms with Gasteiger partial charge in [0.2, 0.25) is 0 Å². The van der Waals surface area contributed by atoms with E-state index in [2.05, 4.69) is 33.8 Å². The van der Waals surface area contributed by atoms with Gasteiger partial charge < -0.3 is 0 Å². The van der Waals surface area contributed by atoms with Gasteiger partial charge in [0.1, 0.15) is 0 Å². The molecule has 0 heterocycles. The molecule has 1 saturated carbocycles. The zero-order valence-corrected chi connectivity index (χ0v) is 9.64. The van der Waals surface area contributed by atoms with Crippen LogP contribution in [0.15, 0.2) is 11.6 Å². The molecule has 0 amide bonds. The molecule has 1 fully saturated rings. The quantitative estimate of drug-likeness (QED) is 0.552. The van der Waals surface area contributed by atoms with E-state index < -0.39 is 0 Å². The summed E-state index contributed by atoms with van der Waals surface area (Å²) in [6, 6.07) is 0. The van der Waals surface area contributed by atoms with Crippen molar-refractivity contribution in [2.24, 2.45) is 17.8 Å². The van der Waals surface area contributed by atoms with Gasteiger partial charge in [-0.05, 0) is 50.9 Å². The van der Waals surface area contributed by atoms with Crippen LogP contribution in [0.2, 0.25) is 0 Å². The molecule has 0 spiro atoms. The summed E-state index contributed by atoms with van der Waals surface area (Å²) in [5.41, 5.74) is 1.58. The summed E-state index contributed by atoms with van der Waals surface area (Å²) in [6.45, 7) is 9.26. The lowest BCUT2D eigenvalue weighted by molar-refractivity contribution is 0.203. The van der Waals surface area contributed by atoms with Gasteiger partial charge in [-0.1, -0.05) is 31.9 Å². The first-order valence-electron chi connectivity index (χ1n) is 5.75. The van der Waals surface area contributed by atoms with Gasteiger partial charge in [-0.3, -0.25) is 0 Å². The maximum absolute atomic E-state index is 2.43. The van der Waals surface area contributed by atoms with E-state index in [0.29, 0.717) is 0 Å². The molecule has 0 aliphatic heterocycles. The van der Waals surface area contributed by atoms with Crippen LogP contribution < -0.4 is 0 Å². The highest BCUT2D eigenvalue weighted by atomic mass is 14.3. The fraction of sp³-hybridized carbons (Fsp3) is 0.846. The highest BCUT2D eigenvalue weighted by Crippen LogP contribution is 2.36. The molecule has 0 aromatic carbocycles. The van der Waals surface area contributed by atoms with Crippen molar-refractivity contribution < 1.29 is 0 Å². The molecule has 76 valence electrons. The maximum atomic E-state index is 2.43. The molecular formula is C13H24. The van der Waals surface area contributed by atoms with Crippen LogP contribution in [0.1, 0.15) is 53.4 Å². The Balaban J connectivity index is 2.42. The fourth-order valence-electron chi connectivity index (χ4n) is 2.56. The van der Waals surface area contributed by atoms with Crippen LogP contribution >= 0.6 is 0 Å². The van der Waals surface area contributed by atoms with Gasteiger partial charge in [-0.15, -0.1) is 0 Å². The van der Waals surface area contributed by atoms with Crippen LogP contribution in [0.3, 0.4) is 0 Å². The molecule has 1 aliphatic rings. The van der Waals surface area contributed by atoms with E-state index in [1.807, 2.05) is 0 Å². The Hall–Kier alpha value is -0.260. The van der Waals surface area contributed by atoms with Crippen molar-refractivity contribution in [3.05, 3.63) is 11.6 Å². The van der Waals surface area contributed by atoms with Crippen LogP contribution in [-0.4, -0.2) is 0 Å². The molecule has 3 unspecified atom stereocenters. The Kier molecular flexibility index (Phi) is 4.02. The average Bonchev–Trinajstić information content (AvgIpc) is 2.09. The summed E-state index contributed by atoms with van der Waals surface area (Å²) >= 11 is 0. The minimum atomic E-state index is 0.943. The minimum Gasteiger partial charge on any atom is -0.0887 e. The molecule has 13 heavy (non-hydrogen) atoms. The zero-order chi connectivity index (χ0) is 9.84. The Morgan fingerprint density at radius 1 is 1.31 bits per heavy atom. The van der Waals surface area contributed by atoms with E-state index in [0.717, 1.165) is 17.8 Å². The van der Waals surface area contributed by atoms with Gasteiger partial charge >= 0.3 is 0 Å². The fourth-order valence-corrected chi connectivity index (χ4v) is 2.56. The molecule has 3 atom stereocenters. The summed E-state index contributed by atoms with van der Waals surface area (Å²) in [6.07, 6.45) is 7.95. The maximum Gasteiger partial charge on any atom is -0.0292 e. The molecule has 0 saturated heterocycles. The molecule has 0 radical (unpaired) electrons. The summed E-state index contributed by atoms with van der Waals surface area (Å²) in [5.74, 6) is 2.88. The van der Waals surface area contributed by atoms with Gasteiger partial charge in [0.05, 0.1) is 0 Å². The summed E-state index contributed by atoms with van der Waals surface area (Å²) in [7, 11) is 0. The third-order valence-corrected chi connectivity index (χ3v) is 3.69. The van der Waals surface area contributed by atoms with Crippen molar-refractivity contribution in [3.63, 3.8) is 0 Å². The molecule has 0 aromatic heterocycles. The Morgan fingerprint density at radius 3 is 2.54 bits per heavy atom. The van der Waals surface area contributed by atoms with Crippen LogP contribution in [-0.2, 0) is 0 Å². The normalized spacial score (nSPS) is 36.3. The van der Waals surface area contributed by atoms with Crippen LogP contribution in [0.25, 0.3) is 0 Å². The molecule has 0 bridgehead atoms. The van der Waals surface area contributed by atoms with Crippen molar-refractivity contribution in [3.8, 4) is 0 Å². The van der Waals surface area contributed by atoms with Gasteiger partial charge in [-0.2, -0.15) is 0 Å². The first kappa shape index (κ1) is 10.8. The lowest BCUT2D eigenvalue weighted by Crippen LogP contribution is -2.21. The van der Waals surface area contributed by atoms with E-state index in [-0.39, 0.29) is 0 Å². The van der Waals surface area contributed by atoms with E-state index in [9.17, 15) is 0 Å². The summed E-state index contributed by atoms with van der Waals surface area (Å²) < 4.78 is 0. The highest BCUT2D eigenvalue weighted by molar-refractivity contribution is 4.98. The van der Waals surface area contributed by atoms with Crippen LogP contribution in [0.4, 0.5) is 0 Å². The Bertz CT molecular complexity index is 178. The van der Waals surface area contributed by atoms with E-state index in [1.165, 1.54) is 25.7 Å². The van der Waals surface area contributed by atoms with Crippen molar-refractivity contribution in [2.45, 2.75) is 53.4 Å². The first-order chi connectivity index (χ1) is 6.13. The van der Waals surface area contributed by atoms with Gasteiger partial charge in [0.15, 0.2) is 0 Å². The second-order valence-corrected chi connectivity index (χ2v) is 4.99. The summed E-state index contributed by atoms with van der Waals surface area (Å²) in [4.78, 5) is 0. The second kappa shape index (κ2) is 4.83.